The highest BCUT2D eigenvalue weighted by Crippen LogP contribution is 2.25. The Kier molecular flexibility index (Phi) is 3.10. The first-order valence-corrected chi connectivity index (χ1v) is 5.83. The third-order valence-electron chi connectivity index (χ3n) is 3.77. The van der Waals surface area contributed by atoms with Crippen molar-refractivity contribution in [2.75, 3.05) is 19.6 Å². The number of β-amino-alcohol motifs (C(OH)–C–C–N with tert-alkyl or cyclic N) is 1. The predicted octanol–water partition coefficient (Wildman–Crippen LogP) is 0.439. The van der Waals surface area contributed by atoms with E-state index < -0.39 is 0 Å². The zero-order valence-electron chi connectivity index (χ0n) is 9.24. The maximum Gasteiger partial charge on any atom is 0.0831 e. The molecule has 3 heteroatoms. The van der Waals surface area contributed by atoms with Gasteiger partial charge in [0.05, 0.1) is 6.10 Å². The molecule has 2 N–H and O–H groups in total. The minimum Gasteiger partial charge on any atom is -0.390 e. The van der Waals surface area contributed by atoms with E-state index in [0.717, 1.165) is 25.6 Å². The number of rotatable bonds is 1. The first kappa shape index (κ1) is 10.4. The van der Waals surface area contributed by atoms with Crippen LogP contribution in [0.25, 0.3) is 0 Å². The molecule has 2 aliphatic rings. The molecule has 2 rings (SSSR count). The summed E-state index contributed by atoms with van der Waals surface area (Å²) in [4.78, 5) is 2.49. The lowest BCUT2D eigenvalue weighted by Crippen LogP contribution is -2.51. The number of likely N-dealkylation sites (tertiary alicyclic amines) is 1. The molecule has 0 radical (unpaired) electrons. The van der Waals surface area contributed by atoms with Crippen LogP contribution in [0, 0.1) is 5.92 Å². The summed E-state index contributed by atoms with van der Waals surface area (Å²) in [6, 6.07) is 0.996. The third kappa shape index (κ3) is 1.95. The molecule has 2 saturated heterocycles. The van der Waals surface area contributed by atoms with Gasteiger partial charge in [0, 0.05) is 25.2 Å². The van der Waals surface area contributed by atoms with Gasteiger partial charge in [-0.15, -0.1) is 0 Å². The molecule has 3 nitrogen and oxygen atoms in total. The van der Waals surface area contributed by atoms with Gasteiger partial charge in [0.25, 0.3) is 0 Å². The van der Waals surface area contributed by atoms with Crippen LogP contribution in [0.3, 0.4) is 0 Å². The van der Waals surface area contributed by atoms with Crippen molar-refractivity contribution in [1.29, 1.82) is 0 Å². The van der Waals surface area contributed by atoms with Crippen molar-refractivity contribution in [3.8, 4) is 0 Å². The standard InChI is InChI=1S/C11H22N2O/c1-8-3-4-13(9(2)5-8)10-6-12-7-11(10)14/h8-12,14H,3-7H2,1-2H3. The van der Waals surface area contributed by atoms with Gasteiger partial charge in [0.1, 0.15) is 0 Å². The minimum atomic E-state index is -0.161. The van der Waals surface area contributed by atoms with Crippen LogP contribution >= 0.6 is 0 Å². The molecule has 0 spiro atoms. The quantitative estimate of drug-likeness (QED) is 0.642. The highest BCUT2D eigenvalue weighted by molar-refractivity contribution is 4.92. The van der Waals surface area contributed by atoms with E-state index in [1.807, 2.05) is 0 Å². The van der Waals surface area contributed by atoms with E-state index in [2.05, 4.69) is 24.1 Å². The third-order valence-corrected chi connectivity index (χ3v) is 3.77. The second-order valence-corrected chi connectivity index (χ2v) is 5.01. The lowest BCUT2D eigenvalue weighted by Gasteiger charge is -2.41. The fraction of sp³-hybridized carbons (Fsp3) is 1.00. The summed E-state index contributed by atoms with van der Waals surface area (Å²) in [5, 5.41) is 13.1. The maximum atomic E-state index is 9.82. The number of nitrogens with zero attached hydrogens (tertiary/aromatic N) is 1. The molecule has 14 heavy (non-hydrogen) atoms. The molecular weight excluding hydrogens is 176 g/mol. The maximum absolute atomic E-state index is 9.82. The van der Waals surface area contributed by atoms with Crippen molar-refractivity contribution in [2.45, 2.75) is 44.9 Å². The van der Waals surface area contributed by atoms with Gasteiger partial charge < -0.3 is 10.4 Å². The zero-order chi connectivity index (χ0) is 10.1. The summed E-state index contributed by atoms with van der Waals surface area (Å²) in [5.74, 6) is 0.854. The molecule has 0 amide bonds. The van der Waals surface area contributed by atoms with Gasteiger partial charge >= 0.3 is 0 Å². The smallest absolute Gasteiger partial charge is 0.0831 e. The van der Waals surface area contributed by atoms with Crippen LogP contribution in [-0.4, -0.2) is 47.8 Å². The molecule has 82 valence electrons. The fourth-order valence-corrected chi connectivity index (χ4v) is 2.91. The summed E-state index contributed by atoms with van der Waals surface area (Å²) in [6.45, 7) is 7.51. The molecule has 0 aromatic carbocycles. The monoisotopic (exact) mass is 198 g/mol. The van der Waals surface area contributed by atoms with Crippen LogP contribution in [0.1, 0.15) is 26.7 Å². The van der Waals surface area contributed by atoms with E-state index >= 15 is 0 Å². The molecular formula is C11H22N2O. The lowest BCUT2D eigenvalue weighted by molar-refractivity contribution is 0.0286. The summed E-state index contributed by atoms with van der Waals surface area (Å²) in [6.07, 6.45) is 2.41. The van der Waals surface area contributed by atoms with Gasteiger partial charge in [-0.25, -0.2) is 0 Å². The Labute approximate surface area is 86.5 Å². The Morgan fingerprint density at radius 2 is 2.07 bits per heavy atom. The Hall–Kier alpha value is -0.120. The van der Waals surface area contributed by atoms with Gasteiger partial charge in [-0.3, -0.25) is 4.90 Å². The minimum absolute atomic E-state index is 0.161. The van der Waals surface area contributed by atoms with Crippen molar-refractivity contribution in [2.24, 2.45) is 5.92 Å². The van der Waals surface area contributed by atoms with Gasteiger partial charge in [-0.2, -0.15) is 0 Å². The van der Waals surface area contributed by atoms with E-state index in [0.29, 0.717) is 12.1 Å². The van der Waals surface area contributed by atoms with Crippen molar-refractivity contribution >= 4 is 0 Å². The molecule has 2 aliphatic heterocycles. The summed E-state index contributed by atoms with van der Waals surface area (Å²) in [5.41, 5.74) is 0. The first-order chi connectivity index (χ1) is 6.68. The lowest BCUT2D eigenvalue weighted by atomic mass is 9.91. The summed E-state index contributed by atoms with van der Waals surface area (Å²) >= 11 is 0. The second-order valence-electron chi connectivity index (χ2n) is 5.01. The van der Waals surface area contributed by atoms with E-state index in [1.165, 1.54) is 12.8 Å². The first-order valence-electron chi connectivity index (χ1n) is 5.83. The molecule has 0 saturated carbocycles. The van der Waals surface area contributed by atoms with Crippen LogP contribution in [0.2, 0.25) is 0 Å². The van der Waals surface area contributed by atoms with Crippen LogP contribution < -0.4 is 5.32 Å². The molecule has 0 bridgehead atoms. The second kappa shape index (κ2) is 4.17. The van der Waals surface area contributed by atoms with E-state index in [-0.39, 0.29) is 6.10 Å². The number of hydrogen-bond acceptors (Lipinski definition) is 3. The molecule has 4 unspecified atom stereocenters. The highest BCUT2D eigenvalue weighted by atomic mass is 16.3. The van der Waals surface area contributed by atoms with E-state index in [1.54, 1.807) is 0 Å². The molecule has 0 aliphatic carbocycles. The van der Waals surface area contributed by atoms with Gasteiger partial charge in [0.2, 0.25) is 0 Å². The Morgan fingerprint density at radius 3 is 2.64 bits per heavy atom. The Bertz CT molecular complexity index is 198. The van der Waals surface area contributed by atoms with Gasteiger partial charge in [-0.05, 0) is 32.2 Å². The predicted molar refractivity (Wildman–Crippen MR) is 57.2 cm³/mol. The average molecular weight is 198 g/mol. The van der Waals surface area contributed by atoms with Crippen LogP contribution in [0.15, 0.2) is 0 Å². The normalized spacial score (nSPS) is 45.6. The summed E-state index contributed by atoms with van der Waals surface area (Å²) < 4.78 is 0. The largest absolute Gasteiger partial charge is 0.390 e. The van der Waals surface area contributed by atoms with Crippen molar-refractivity contribution in [1.82, 2.24) is 10.2 Å². The van der Waals surface area contributed by atoms with E-state index in [9.17, 15) is 5.11 Å². The number of hydrogen-bond donors (Lipinski definition) is 2. The van der Waals surface area contributed by atoms with Gasteiger partial charge in [0.15, 0.2) is 0 Å². The van der Waals surface area contributed by atoms with Crippen molar-refractivity contribution < 1.29 is 5.11 Å². The molecule has 2 heterocycles. The highest BCUT2D eigenvalue weighted by Gasteiger charge is 2.35. The Morgan fingerprint density at radius 1 is 1.29 bits per heavy atom. The van der Waals surface area contributed by atoms with Crippen LogP contribution in [0.4, 0.5) is 0 Å². The van der Waals surface area contributed by atoms with Crippen molar-refractivity contribution in [3.05, 3.63) is 0 Å². The van der Waals surface area contributed by atoms with Crippen LogP contribution in [0.5, 0.6) is 0 Å². The molecule has 0 aromatic rings. The van der Waals surface area contributed by atoms with Crippen LogP contribution in [-0.2, 0) is 0 Å². The molecule has 2 fully saturated rings. The molecule has 4 atom stereocenters. The number of piperidine rings is 1. The number of aliphatic hydroxyl groups is 1. The summed E-state index contributed by atoms with van der Waals surface area (Å²) in [7, 11) is 0. The number of nitrogens with one attached hydrogen (secondary N) is 1. The number of aliphatic hydroxyl groups excluding tert-OH is 1. The van der Waals surface area contributed by atoms with Crippen molar-refractivity contribution in [3.63, 3.8) is 0 Å². The average Bonchev–Trinajstić information content (AvgIpc) is 2.52. The Balaban J connectivity index is 1.96. The van der Waals surface area contributed by atoms with E-state index in [4.69, 9.17) is 0 Å². The zero-order valence-corrected chi connectivity index (χ0v) is 9.24. The fourth-order valence-electron chi connectivity index (χ4n) is 2.91. The molecule has 0 aromatic heterocycles. The van der Waals surface area contributed by atoms with Gasteiger partial charge in [-0.1, -0.05) is 6.92 Å². The topological polar surface area (TPSA) is 35.5 Å². The SMILES string of the molecule is CC1CCN(C2CNCC2O)C(C)C1.